The maximum Gasteiger partial charge on any atom is 0.264 e. The SMILES string of the molecule is CCc1cc(-c2cc(C)c(C(=O)N3CCCC3)s2)ccc1C1CCOCC1. The number of aryl methyl sites for hydroxylation is 2. The first kappa shape index (κ1) is 18.7. The minimum atomic E-state index is 0.218. The van der Waals surface area contributed by atoms with Crippen LogP contribution in [0.15, 0.2) is 24.3 Å². The van der Waals surface area contributed by atoms with Crippen molar-refractivity contribution in [2.45, 2.75) is 51.9 Å². The van der Waals surface area contributed by atoms with E-state index in [1.165, 1.54) is 21.6 Å². The van der Waals surface area contributed by atoms with E-state index in [4.69, 9.17) is 4.74 Å². The van der Waals surface area contributed by atoms with Crippen molar-refractivity contribution in [1.82, 2.24) is 4.90 Å². The Hall–Kier alpha value is -1.65. The minimum Gasteiger partial charge on any atom is -0.381 e. The summed E-state index contributed by atoms with van der Waals surface area (Å²) in [5, 5.41) is 0. The molecule has 4 heteroatoms. The molecule has 2 aliphatic rings. The van der Waals surface area contributed by atoms with Crippen LogP contribution < -0.4 is 0 Å². The summed E-state index contributed by atoms with van der Waals surface area (Å²) in [6.45, 7) is 7.88. The molecular weight excluding hydrogens is 354 g/mol. The summed E-state index contributed by atoms with van der Waals surface area (Å²) in [5.74, 6) is 0.843. The molecule has 3 nitrogen and oxygen atoms in total. The molecule has 0 atom stereocenters. The van der Waals surface area contributed by atoms with E-state index in [0.29, 0.717) is 5.92 Å². The van der Waals surface area contributed by atoms with Crippen LogP contribution in [0, 0.1) is 6.92 Å². The van der Waals surface area contributed by atoms with Crippen molar-refractivity contribution in [3.63, 3.8) is 0 Å². The van der Waals surface area contributed by atoms with Crippen molar-refractivity contribution in [3.05, 3.63) is 45.8 Å². The van der Waals surface area contributed by atoms with Crippen molar-refractivity contribution in [2.24, 2.45) is 0 Å². The lowest BCUT2D eigenvalue weighted by atomic mass is 9.86. The molecule has 1 amide bonds. The largest absolute Gasteiger partial charge is 0.381 e. The highest BCUT2D eigenvalue weighted by Crippen LogP contribution is 2.36. The lowest BCUT2D eigenvalue weighted by molar-refractivity contribution is 0.0797. The molecule has 2 aliphatic heterocycles. The number of likely N-dealkylation sites (tertiary alicyclic amines) is 1. The summed E-state index contributed by atoms with van der Waals surface area (Å²) in [7, 11) is 0. The molecule has 4 rings (SSSR count). The molecule has 0 spiro atoms. The second-order valence-corrected chi connectivity index (χ2v) is 8.83. The van der Waals surface area contributed by atoms with Gasteiger partial charge in [0.25, 0.3) is 5.91 Å². The van der Waals surface area contributed by atoms with Crippen LogP contribution in [0.1, 0.15) is 64.9 Å². The lowest BCUT2D eigenvalue weighted by Crippen LogP contribution is -2.27. The molecule has 27 heavy (non-hydrogen) atoms. The van der Waals surface area contributed by atoms with Crippen LogP contribution in [-0.4, -0.2) is 37.1 Å². The molecule has 0 radical (unpaired) electrons. The minimum absolute atomic E-state index is 0.218. The standard InChI is InChI=1S/C23H29NO2S/c1-3-17-15-19(6-7-20(17)18-8-12-26-13-9-18)21-14-16(2)22(27-21)23(25)24-10-4-5-11-24/h6-7,14-15,18H,3-5,8-13H2,1-2H3. The monoisotopic (exact) mass is 383 g/mol. The zero-order chi connectivity index (χ0) is 18.8. The maximum absolute atomic E-state index is 12.8. The predicted octanol–water partition coefficient (Wildman–Crippen LogP) is 5.42. The van der Waals surface area contributed by atoms with Crippen LogP contribution in [-0.2, 0) is 11.2 Å². The predicted molar refractivity (Wildman–Crippen MR) is 112 cm³/mol. The van der Waals surface area contributed by atoms with Gasteiger partial charge in [-0.3, -0.25) is 4.79 Å². The molecule has 1 aromatic carbocycles. The first-order valence-corrected chi connectivity index (χ1v) is 11.1. The number of carbonyl (C=O) groups is 1. The van der Waals surface area contributed by atoms with Crippen molar-refractivity contribution in [1.29, 1.82) is 0 Å². The van der Waals surface area contributed by atoms with Gasteiger partial charge in [0.15, 0.2) is 0 Å². The summed E-state index contributed by atoms with van der Waals surface area (Å²) in [6.07, 6.45) is 5.56. The zero-order valence-corrected chi connectivity index (χ0v) is 17.2. The highest BCUT2D eigenvalue weighted by atomic mass is 32.1. The Morgan fingerprint density at radius 2 is 1.93 bits per heavy atom. The van der Waals surface area contributed by atoms with E-state index >= 15 is 0 Å². The highest BCUT2D eigenvalue weighted by Gasteiger charge is 2.24. The number of rotatable bonds is 4. The Morgan fingerprint density at radius 1 is 1.19 bits per heavy atom. The van der Waals surface area contributed by atoms with Gasteiger partial charge in [-0.1, -0.05) is 25.1 Å². The quantitative estimate of drug-likeness (QED) is 0.706. The van der Waals surface area contributed by atoms with Crippen molar-refractivity contribution < 1.29 is 9.53 Å². The Balaban J connectivity index is 1.61. The van der Waals surface area contributed by atoms with Gasteiger partial charge in [-0.15, -0.1) is 11.3 Å². The second kappa shape index (κ2) is 8.15. The summed E-state index contributed by atoms with van der Waals surface area (Å²) >= 11 is 1.66. The van der Waals surface area contributed by atoms with Crippen LogP contribution in [0.4, 0.5) is 0 Å². The summed E-state index contributed by atoms with van der Waals surface area (Å²) < 4.78 is 5.53. The Morgan fingerprint density at radius 3 is 2.63 bits per heavy atom. The van der Waals surface area contributed by atoms with Crippen molar-refractivity contribution in [3.8, 4) is 10.4 Å². The number of benzene rings is 1. The fourth-order valence-corrected chi connectivity index (χ4v) is 5.51. The van der Waals surface area contributed by atoms with Crippen molar-refractivity contribution in [2.75, 3.05) is 26.3 Å². The van der Waals surface area contributed by atoms with Crippen LogP contribution in [0.25, 0.3) is 10.4 Å². The molecule has 2 aromatic rings. The number of thiophene rings is 1. The average Bonchev–Trinajstić information content (AvgIpc) is 3.38. The van der Waals surface area contributed by atoms with Gasteiger partial charge in [0.1, 0.15) is 0 Å². The van der Waals surface area contributed by atoms with E-state index in [0.717, 1.165) is 68.8 Å². The van der Waals surface area contributed by atoms with Gasteiger partial charge in [-0.05, 0) is 73.3 Å². The van der Waals surface area contributed by atoms with E-state index < -0.39 is 0 Å². The number of carbonyl (C=O) groups excluding carboxylic acids is 1. The summed E-state index contributed by atoms with van der Waals surface area (Å²) in [6, 6.07) is 9.11. The molecule has 0 aliphatic carbocycles. The third-order valence-electron chi connectivity index (χ3n) is 5.97. The van der Waals surface area contributed by atoms with Crippen molar-refractivity contribution >= 4 is 17.2 Å². The molecule has 2 fully saturated rings. The highest BCUT2D eigenvalue weighted by molar-refractivity contribution is 7.17. The number of hydrogen-bond donors (Lipinski definition) is 0. The number of amides is 1. The summed E-state index contributed by atoms with van der Waals surface area (Å²) in [4.78, 5) is 17.0. The molecule has 0 bridgehead atoms. The number of nitrogens with zero attached hydrogens (tertiary/aromatic N) is 1. The topological polar surface area (TPSA) is 29.5 Å². The normalized spacial score (nSPS) is 18.2. The van der Waals surface area contributed by atoms with E-state index in [-0.39, 0.29) is 5.91 Å². The van der Waals surface area contributed by atoms with E-state index in [1.807, 2.05) is 4.90 Å². The molecule has 1 aromatic heterocycles. The third-order valence-corrected chi connectivity index (χ3v) is 7.25. The number of hydrogen-bond acceptors (Lipinski definition) is 3. The van der Waals surface area contributed by atoms with Crippen LogP contribution in [0.2, 0.25) is 0 Å². The Bertz CT molecular complexity index is 814. The summed E-state index contributed by atoms with van der Waals surface area (Å²) in [5.41, 5.74) is 5.29. The van der Waals surface area contributed by atoms with E-state index in [1.54, 1.807) is 11.3 Å². The molecular formula is C23H29NO2S. The fraction of sp³-hybridized carbons (Fsp3) is 0.522. The zero-order valence-electron chi connectivity index (χ0n) is 16.4. The Labute approximate surface area is 166 Å². The second-order valence-electron chi connectivity index (χ2n) is 7.78. The van der Waals surface area contributed by atoms with Gasteiger partial charge in [0, 0.05) is 31.2 Å². The lowest BCUT2D eigenvalue weighted by Gasteiger charge is -2.24. The molecule has 0 N–H and O–H groups in total. The molecule has 2 saturated heterocycles. The maximum atomic E-state index is 12.8. The molecule has 0 unspecified atom stereocenters. The van der Waals surface area contributed by atoms with E-state index in [2.05, 4.69) is 38.1 Å². The fourth-order valence-electron chi connectivity index (χ4n) is 4.37. The van der Waals surface area contributed by atoms with Gasteiger partial charge >= 0.3 is 0 Å². The first-order valence-electron chi connectivity index (χ1n) is 10.3. The van der Waals surface area contributed by atoms with Crippen LogP contribution in [0.3, 0.4) is 0 Å². The Kier molecular flexibility index (Phi) is 5.65. The molecule has 144 valence electrons. The third kappa shape index (κ3) is 3.83. The van der Waals surface area contributed by atoms with E-state index in [9.17, 15) is 4.79 Å². The molecule has 0 saturated carbocycles. The van der Waals surface area contributed by atoms with Crippen LogP contribution >= 0.6 is 11.3 Å². The first-order chi connectivity index (χ1) is 13.2. The van der Waals surface area contributed by atoms with Gasteiger partial charge in [-0.25, -0.2) is 0 Å². The van der Waals surface area contributed by atoms with Gasteiger partial charge < -0.3 is 9.64 Å². The van der Waals surface area contributed by atoms with Crippen LogP contribution in [0.5, 0.6) is 0 Å². The van der Waals surface area contributed by atoms with Gasteiger partial charge in [0.2, 0.25) is 0 Å². The average molecular weight is 384 g/mol. The smallest absolute Gasteiger partial charge is 0.264 e. The molecule has 3 heterocycles. The number of ether oxygens (including phenoxy) is 1. The van der Waals surface area contributed by atoms with Gasteiger partial charge in [0.05, 0.1) is 4.88 Å². The van der Waals surface area contributed by atoms with Gasteiger partial charge in [-0.2, -0.15) is 0 Å².